The van der Waals surface area contributed by atoms with Gasteiger partial charge < -0.3 is 9.67 Å². The normalized spacial score (nSPS) is 14.6. The molecule has 0 spiro atoms. The van der Waals surface area contributed by atoms with Gasteiger partial charge in [0, 0.05) is 30.3 Å². The van der Waals surface area contributed by atoms with Crippen molar-refractivity contribution in [2.75, 3.05) is 0 Å². The van der Waals surface area contributed by atoms with Crippen molar-refractivity contribution in [1.82, 2.24) is 4.57 Å². The maximum Gasteiger partial charge on any atom is 0.300 e. The van der Waals surface area contributed by atoms with Crippen LogP contribution in [-0.4, -0.2) is 21.4 Å². The van der Waals surface area contributed by atoms with E-state index >= 15 is 0 Å². The van der Waals surface area contributed by atoms with Crippen LogP contribution >= 0.6 is 0 Å². The molecule has 5 heteroatoms. The van der Waals surface area contributed by atoms with Crippen LogP contribution in [0.4, 0.5) is 4.39 Å². The molecule has 1 aromatic heterocycles. The maximum absolute atomic E-state index is 13.4. The monoisotopic (exact) mass is 393 g/mol. The number of carboxylic acid groups (broad SMARTS) is 1. The summed E-state index contributed by atoms with van der Waals surface area (Å²) < 4.78 is 15.5. The average molecular weight is 393 g/mol. The molecule has 0 amide bonds. The van der Waals surface area contributed by atoms with Gasteiger partial charge in [0.25, 0.3) is 5.97 Å². The van der Waals surface area contributed by atoms with Crippen molar-refractivity contribution in [2.24, 2.45) is 5.41 Å². The van der Waals surface area contributed by atoms with E-state index in [0.29, 0.717) is 6.42 Å². The molecular weight excluding hydrogens is 369 g/mol. The van der Waals surface area contributed by atoms with Crippen LogP contribution in [0.25, 0.3) is 16.9 Å². The molecule has 0 radical (unpaired) electrons. The second kappa shape index (κ2) is 8.03. The standard InChI is InChI=1S/C22H20FNO.C2H4O2/c1-22(2)13-20-18(21(25)14-22)12-19(15-6-4-3-5-7-15)24(20)17-10-8-16(23)9-11-17;1-2(3)4/h3-12H,13-14H2,1-2H3;1H3,(H,3,4). The van der Waals surface area contributed by atoms with Gasteiger partial charge in [-0.25, -0.2) is 4.39 Å². The van der Waals surface area contributed by atoms with Crippen molar-refractivity contribution in [2.45, 2.75) is 33.6 Å². The van der Waals surface area contributed by atoms with Crippen molar-refractivity contribution >= 4 is 11.8 Å². The number of aliphatic carboxylic acids is 1. The number of carbonyl (C=O) groups excluding carboxylic acids is 1. The highest BCUT2D eigenvalue weighted by Gasteiger charge is 2.34. The first-order valence-electron chi connectivity index (χ1n) is 9.47. The number of Topliss-reactive ketones (excluding diaryl/α,β-unsaturated/α-hetero) is 1. The third-order valence-electron chi connectivity index (χ3n) is 4.84. The molecule has 4 rings (SSSR count). The number of nitrogens with zero attached hydrogens (tertiary/aromatic N) is 1. The summed E-state index contributed by atoms with van der Waals surface area (Å²) >= 11 is 0. The molecule has 0 atom stereocenters. The zero-order valence-corrected chi connectivity index (χ0v) is 16.8. The molecule has 0 bridgehead atoms. The van der Waals surface area contributed by atoms with E-state index in [0.717, 1.165) is 41.5 Å². The first-order valence-corrected chi connectivity index (χ1v) is 9.47. The first kappa shape index (κ1) is 20.5. The summed E-state index contributed by atoms with van der Waals surface area (Å²) in [6.45, 7) is 5.33. The van der Waals surface area contributed by atoms with Gasteiger partial charge in [0.2, 0.25) is 0 Å². The number of aromatic nitrogens is 1. The van der Waals surface area contributed by atoms with Gasteiger partial charge in [-0.05, 0) is 47.7 Å². The fourth-order valence-electron chi connectivity index (χ4n) is 3.72. The molecule has 4 nitrogen and oxygen atoms in total. The van der Waals surface area contributed by atoms with Crippen LogP contribution < -0.4 is 0 Å². The van der Waals surface area contributed by atoms with E-state index in [2.05, 4.69) is 18.4 Å². The van der Waals surface area contributed by atoms with E-state index in [1.807, 2.05) is 36.4 Å². The zero-order chi connectivity index (χ0) is 21.2. The number of fused-ring (bicyclic) bond motifs is 1. The zero-order valence-electron chi connectivity index (χ0n) is 16.8. The summed E-state index contributed by atoms with van der Waals surface area (Å²) in [6, 6.07) is 18.5. The van der Waals surface area contributed by atoms with Gasteiger partial charge in [0.05, 0.1) is 5.69 Å². The lowest BCUT2D eigenvalue weighted by Crippen LogP contribution is -2.27. The molecule has 0 saturated heterocycles. The number of hydrogen-bond acceptors (Lipinski definition) is 2. The summed E-state index contributed by atoms with van der Waals surface area (Å²) in [7, 11) is 0. The molecule has 150 valence electrons. The van der Waals surface area contributed by atoms with E-state index in [4.69, 9.17) is 9.90 Å². The minimum atomic E-state index is -0.833. The van der Waals surface area contributed by atoms with E-state index in [1.165, 1.54) is 12.1 Å². The molecule has 0 saturated carbocycles. The van der Waals surface area contributed by atoms with Crippen molar-refractivity contribution in [3.05, 3.63) is 77.7 Å². The Morgan fingerprint density at radius 3 is 2.21 bits per heavy atom. The number of carbonyl (C=O) groups is 2. The third kappa shape index (κ3) is 4.62. The molecule has 1 aliphatic rings. The van der Waals surface area contributed by atoms with E-state index in [9.17, 15) is 9.18 Å². The van der Waals surface area contributed by atoms with E-state index in [-0.39, 0.29) is 17.0 Å². The minimum Gasteiger partial charge on any atom is -0.481 e. The Morgan fingerprint density at radius 1 is 1.03 bits per heavy atom. The number of halogens is 1. The van der Waals surface area contributed by atoms with Crippen molar-refractivity contribution < 1.29 is 19.1 Å². The number of hydrogen-bond donors (Lipinski definition) is 1. The smallest absolute Gasteiger partial charge is 0.300 e. The van der Waals surface area contributed by atoms with Crippen LogP contribution in [0.2, 0.25) is 0 Å². The molecule has 1 heterocycles. The van der Waals surface area contributed by atoms with Gasteiger partial charge in [0.1, 0.15) is 5.82 Å². The third-order valence-corrected chi connectivity index (χ3v) is 4.84. The quantitative estimate of drug-likeness (QED) is 0.623. The average Bonchev–Trinajstić information content (AvgIpc) is 3.01. The highest BCUT2D eigenvalue weighted by Crippen LogP contribution is 2.40. The second-order valence-corrected chi connectivity index (χ2v) is 8.03. The van der Waals surface area contributed by atoms with Gasteiger partial charge in [-0.2, -0.15) is 0 Å². The molecule has 0 fully saturated rings. The van der Waals surface area contributed by atoms with Crippen molar-refractivity contribution in [3.8, 4) is 16.9 Å². The fraction of sp³-hybridized carbons (Fsp3) is 0.250. The minimum absolute atomic E-state index is 0.0752. The van der Waals surface area contributed by atoms with Gasteiger partial charge in [0.15, 0.2) is 5.78 Å². The topological polar surface area (TPSA) is 59.3 Å². The number of rotatable bonds is 2. The summed E-state index contributed by atoms with van der Waals surface area (Å²) in [6.07, 6.45) is 1.37. The Labute approximate surface area is 169 Å². The fourth-order valence-corrected chi connectivity index (χ4v) is 3.72. The molecule has 0 unspecified atom stereocenters. The lowest BCUT2D eigenvalue weighted by Gasteiger charge is -2.30. The molecule has 3 aromatic rings. The molecule has 2 aromatic carbocycles. The number of ketones is 1. The summed E-state index contributed by atoms with van der Waals surface area (Å²) in [5.74, 6) is -0.910. The second-order valence-electron chi connectivity index (χ2n) is 8.03. The van der Waals surface area contributed by atoms with Crippen LogP contribution in [0.1, 0.15) is 43.2 Å². The lowest BCUT2D eigenvalue weighted by molar-refractivity contribution is -0.134. The highest BCUT2D eigenvalue weighted by molar-refractivity contribution is 6.00. The first-order chi connectivity index (χ1) is 13.7. The molecule has 1 N–H and O–H groups in total. The number of carboxylic acids is 1. The molecule has 1 aliphatic carbocycles. The summed E-state index contributed by atoms with van der Waals surface area (Å²) in [5, 5.41) is 7.42. The molecule has 0 aliphatic heterocycles. The Bertz CT molecular complexity index is 1030. The number of benzene rings is 2. The Hall–Kier alpha value is -3.21. The van der Waals surface area contributed by atoms with Gasteiger partial charge in [-0.15, -0.1) is 0 Å². The highest BCUT2D eigenvalue weighted by atomic mass is 19.1. The lowest BCUT2D eigenvalue weighted by atomic mass is 9.76. The van der Waals surface area contributed by atoms with E-state index < -0.39 is 5.97 Å². The van der Waals surface area contributed by atoms with E-state index in [1.54, 1.807) is 12.1 Å². The SMILES string of the molecule is CC(=O)O.CC1(C)CC(=O)c2cc(-c3ccccc3)n(-c3ccc(F)cc3)c2C1. The predicted molar refractivity (Wildman–Crippen MR) is 111 cm³/mol. The van der Waals surface area contributed by atoms with Crippen LogP contribution in [-0.2, 0) is 11.2 Å². The van der Waals surface area contributed by atoms with Crippen molar-refractivity contribution in [3.63, 3.8) is 0 Å². The van der Waals surface area contributed by atoms with Gasteiger partial charge in [-0.3, -0.25) is 9.59 Å². The van der Waals surface area contributed by atoms with Crippen LogP contribution in [0, 0.1) is 11.2 Å². The Balaban J connectivity index is 0.000000552. The largest absolute Gasteiger partial charge is 0.481 e. The Kier molecular flexibility index (Phi) is 5.69. The van der Waals surface area contributed by atoms with Crippen LogP contribution in [0.15, 0.2) is 60.7 Å². The van der Waals surface area contributed by atoms with Crippen LogP contribution in [0.3, 0.4) is 0 Å². The Morgan fingerprint density at radius 2 is 1.62 bits per heavy atom. The van der Waals surface area contributed by atoms with Gasteiger partial charge >= 0.3 is 0 Å². The summed E-state index contributed by atoms with van der Waals surface area (Å²) in [4.78, 5) is 21.7. The predicted octanol–water partition coefficient (Wildman–Crippen LogP) is 5.53. The van der Waals surface area contributed by atoms with Gasteiger partial charge in [-0.1, -0.05) is 44.2 Å². The molecular formula is C24H24FNO3. The summed E-state index contributed by atoms with van der Waals surface area (Å²) in [5.41, 5.74) is 4.64. The molecule has 29 heavy (non-hydrogen) atoms. The van der Waals surface area contributed by atoms with Crippen molar-refractivity contribution in [1.29, 1.82) is 0 Å². The maximum atomic E-state index is 13.4. The van der Waals surface area contributed by atoms with Crippen LogP contribution in [0.5, 0.6) is 0 Å².